The molecule has 8 heteroatoms. The summed E-state index contributed by atoms with van der Waals surface area (Å²) in [5.74, 6) is -2.63. The molecule has 2 atom stereocenters. The van der Waals surface area contributed by atoms with Crippen LogP contribution in [0.15, 0.2) is 72.8 Å². The molecule has 0 saturated carbocycles. The maximum Gasteiger partial charge on any atom is 0.331 e. The third-order valence-electron chi connectivity index (χ3n) is 4.79. The summed E-state index contributed by atoms with van der Waals surface area (Å²) < 4.78 is 9.98. The molecule has 0 aliphatic rings. The third-order valence-corrected chi connectivity index (χ3v) is 4.79. The van der Waals surface area contributed by atoms with Crippen LogP contribution in [0.1, 0.15) is 25.0 Å². The topological polar surface area (TPSA) is 111 Å². The minimum atomic E-state index is -1.03. The van der Waals surface area contributed by atoms with Gasteiger partial charge in [0, 0.05) is 25.2 Å². The molecule has 0 heterocycles. The molecule has 180 valence electrons. The van der Waals surface area contributed by atoms with E-state index in [0.717, 1.165) is 23.3 Å². The molecule has 0 aliphatic heterocycles. The summed E-state index contributed by atoms with van der Waals surface area (Å²) in [5.41, 5.74) is 2.15. The highest BCUT2D eigenvalue weighted by atomic mass is 16.6. The van der Waals surface area contributed by atoms with Gasteiger partial charge in [-0.2, -0.15) is 0 Å². The van der Waals surface area contributed by atoms with E-state index in [0.29, 0.717) is 25.9 Å². The Morgan fingerprint density at radius 1 is 0.676 bits per heavy atom. The number of carbonyl (C=O) groups excluding carboxylic acids is 4. The Balaban J connectivity index is 1.64. The van der Waals surface area contributed by atoms with E-state index in [1.807, 2.05) is 60.7 Å². The molecule has 0 fully saturated rings. The van der Waals surface area contributed by atoms with Gasteiger partial charge >= 0.3 is 11.9 Å². The second kappa shape index (κ2) is 14.3. The summed E-state index contributed by atoms with van der Waals surface area (Å²) >= 11 is 0. The lowest BCUT2D eigenvalue weighted by Crippen LogP contribution is -2.37. The first kappa shape index (κ1) is 26.3. The van der Waals surface area contributed by atoms with E-state index in [-0.39, 0.29) is 0 Å². The predicted octanol–water partition coefficient (Wildman–Crippen LogP) is 2.12. The molecule has 2 aromatic rings. The molecule has 0 aromatic heterocycles. The highest BCUT2D eigenvalue weighted by molar-refractivity contribution is 5.94. The normalized spacial score (nSPS) is 12.4. The van der Waals surface area contributed by atoms with E-state index in [4.69, 9.17) is 9.47 Å². The number of hydrogen-bond acceptors (Lipinski definition) is 6. The maximum atomic E-state index is 12.1. The zero-order valence-corrected chi connectivity index (χ0v) is 19.4. The number of amides is 2. The predicted molar refractivity (Wildman–Crippen MR) is 127 cm³/mol. The first-order valence-electron chi connectivity index (χ1n) is 11.1. The van der Waals surface area contributed by atoms with Crippen LogP contribution in [0.2, 0.25) is 0 Å². The zero-order valence-electron chi connectivity index (χ0n) is 19.4. The summed E-state index contributed by atoms with van der Waals surface area (Å²) in [5, 5.41) is 5.38. The van der Waals surface area contributed by atoms with Gasteiger partial charge in [-0.3, -0.25) is 9.59 Å². The molecule has 0 unspecified atom stereocenters. The number of benzene rings is 2. The number of hydrogen-bond donors (Lipinski definition) is 2. The van der Waals surface area contributed by atoms with Crippen molar-refractivity contribution in [1.82, 2.24) is 10.6 Å². The van der Waals surface area contributed by atoms with Gasteiger partial charge in [-0.05, 0) is 37.8 Å². The third kappa shape index (κ3) is 10.1. The number of ether oxygens (including phenoxy) is 2. The molecule has 34 heavy (non-hydrogen) atoms. The van der Waals surface area contributed by atoms with Crippen molar-refractivity contribution in [3.63, 3.8) is 0 Å². The average Bonchev–Trinajstić information content (AvgIpc) is 2.84. The Hall–Kier alpha value is -3.94. The van der Waals surface area contributed by atoms with E-state index < -0.39 is 36.0 Å². The van der Waals surface area contributed by atoms with Crippen LogP contribution in [-0.4, -0.2) is 49.1 Å². The first-order chi connectivity index (χ1) is 16.3. The van der Waals surface area contributed by atoms with Gasteiger partial charge in [0.15, 0.2) is 12.2 Å². The highest BCUT2D eigenvalue weighted by Gasteiger charge is 2.18. The van der Waals surface area contributed by atoms with Crippen LogP contribution in [0.5, 0.6) is 0 Å². The Bertz CT molecular complexity index is 896. The standard InChI is InChI=1S/C26H30N2O6/c1-19(25(31)27-17-15-21-9-5-3-6-10-21)33-23(29)13-14-24(30)34-20(2)26(32)28-18-16-22-11-7-4-8-12-22/h3-14,19-20H,15-18H2,1-2H3,(H,27,31)(H,28,32)/b14-13+/t19-,20-/m1/s1. The van der Waals surface area contributed by atoms with Crippen molar-refractivity contribution in [2.45, 2.75) is 38.9 Å². The fourth-order valence-electron chi connectivity index (χ4n) is 2.91. The average molecular weight is 467 g/mol. The van der Waals surface area contributed by atoms with Gasteiger partial charge in [0.2, 0.25) is 0 Å². The Kier molecular flexibility index (Phi) is 11.0. The molecular formula is C26H30N2O6. The second-order valence-corrected chi connectivity index (χ2v) is 7.54. The minimum Gasteiger partial charge on any atom is -0.449 e. The zero-order chi connectivity index (χ0) is 24.8. The lowest BCUT2D eigenvalue weighted by atomic mass is 10.1. The molecule has 0 spiro atoms. The Labute approximate surface area is 199 Å². The summed E-state index contributed by atoms with van der Waals surface area (Å²) in [7, 11) is 0. The van der Waals surface area contributed by atoms with Gasteiger partial charge in [-0.15, -0.1) is 0 Å². The second-order valence-electron chi connectivity index (χ2n) is 7.54. The van der Waals surface area contributed by atoms with Crippen molar-refractivity contribution in [2.75, 3.05) is 13.1 Å². The summed E-state index contributed by atoms with van der Waals surface area (Å²) in [6.07, 6.45) is 0.955. The van der Waals surface area contributed by atoms with Gasteiger partial charge in [-0.1, -0.05) is 60.7 Å². The van der Waals surface area contributed by atoms with Gasteiger partial charge in [0.05, 0.1) is 0 Å². The van der Waals surface area contributed by atoms with Gasteiger partial charge in [-0.25, -0.2) is 9.59 Å². The van der Waals surface area contributed by atoms with Crippen LogP contribution in [0.4, 0.5) is 0 Å². The van der Waals surface area contributed by atoms with Crippen LogP contribution in [0.25, 0.3) is 0 Å². The smallest absolute Gasteiger partial charge is 0.331 e. The largest absolute Gasteiger partial charge is 0.449 e. The molecule has 2 amide bonds. The molecule has 8 nitrogen and oxygen atoms in total. The van der Waals surface area contributed by atoms with E-state index >= 15 is 0 Å². The molecular weight excluding hydrogens is 436 g/mol. The molecule has 0 bridgehead atoms. The first-order valence-corrected chi connectivity index (χ1v) is 11.1. The van der Waals surface area contributed by atoms with Crippen molar-refractivity contribution in [1.29, 1.82) is 0 Å². The number of carbonyl (C=O) groups is 4. The number of nitrogens with one attached hydrogen (secondary N) is 2. The quantitative estimate of drug-likeness (QED) is 0.366. The molecule has 0 aliphatic carbocycles. The summed E-state index contributed by atoms with van der Waals surface area (Å²) in [6.45, 7) is 3.67. The number of esters is 2. The fraction of sp³-hybridized carbons (Fsp3) is 0.308. The van der Waals surface area contributed by atoms with Crippen molar-refractivity contribution in [2.24, 2.45) is 0 Å². The number of rotatable bonds is 12. The maximum absolute atomic E-state index is 12.1. The van der Waals surface area contributed by atoms with Gasteiger partial charge < -0.3 is 20.1 Å². The van der Waals surface area contributed by atoms with E-state index in [9.17, 15) is 19.2 Å². The van der Waals surface area contributed by atoms with Crippen molar-refractivity contribution < 1.29 is 28.7 Å². The van der Waals surface area contributed by atoms with E-state index in [1.54, 1.807) is 0 Å². The van der Waals surface area contributed by atoms with Crippen LogP contribution in [-0.2, 0) is 41.5 Å². The lowest BCUT2D eigenvalue weighted by Gasteiger charge is -2.13. The van der Waals surface area contributed by atoms with Gasteiger partial charge in [0.1, 0.15) is 0 Å². The van der Waals surface area contributed by atoms with Crippen molar-refractivity contribution in [3.8, 4) is 0 Å². The molecule has 2 rings (SSSR count). The summed E-state index contributed by atoms with van der Waals surface area (Å²) in [6, 6.07) is 19.3. The fourth-order valence-corrected chi connectivity index (χ4v) is 2.91. The monoisotopic (exact) mass is 466 g/mol. The SMILES string of the molecule is C[C@@H](OC(=O)/C=C/C(=O)O[C@H](C)C(=O)NCCc1ccccc1)C(=O)NCCc1ccccc1. The lowest BCUT2D eigenvalue weighted by molar-refractivity contribution is -0.151. The highest BCUT2D eigenvalue weighted by Crippen LogP contribution is 2.01. The molecule has 0 saturated heterocycles. The Morgan fingerprint density at radius 2 is 1.03 bits per heavy atom. The summed E-state index contributed by atoms with van der Waals surface area (Å²) in [4.78, 5) is 47.9. The van der Waals surface area contributed by atoms with Crippen LogP contribution in [0.3, 0.4) is 0 Å². The van der Waals surface area contributed by atoms with E-state index in [2.05, 4.69) is 10.6 Å². The molecule has 2 aromatic carbocycles. The van der Waals surface area contributed by atoms with Crippen molar-refractivity contribution in [3.05, 3.63) is 83.9 Å². The molecule has 2 N–H and O–H groups in total. The van der Waals surface area contributed by atoms with E-state index in [1.165, 1.54) is 13.8 Å². The van der Waals surface area contributed by atoms with Gasteiger partial charge in [0.25, 0.3) is 11.8 Å². The molecule has 0 radical (unpaired) electrons. The van der Waals surface area contributed by atoms with Crippen molar-refractivity contribution >= 4 is 23.8 Å². The minimum absolute atomic E-state index is 0.401. The Morgan fingerprint density at radius 3 is 1.38 bits per heavy atom. The van der Waals surface area contributed by atoms with Crippen LogP contribution in [0, 0.1) is 0 Å². The van der Waals surface area contributed by atoms with Crippen LogP contribution < -0.4 is 10.6 Å². The van der Waals surface area contributed by atoms with Crippen LogP contribution >= 0.6 is 0 Å².